The maximum absolute atomic E-state index is 2.40. The Balaban J connectivity index is 2.77. The Bertz CT molecular complexity index is 168. The van der Waals surface area contributed by atoms with Crippen LogP contribution in [0.1, 0.15) is 6.42 Å². The summed E-state index contributed by atoms with van der Waals surface area (Å²) >= 11 is 1.63. The molecule has 0 nitrogen and oxygen atoms in total. The summed E-state index contributed by atoms with van der Waals surface area (Å²) in [5.41, 5.74) is 0. The molecule has 9 heavy (non-hydrogen) atoms. The van der Waals surface area contributed by atoms with Gasteiger partial charge in [0, 0.05) is 0 Å². The zero-order valence-electron chi connectivity index (χ0n) is 5.94. The Morgan fingerprint density at radius 1 is 1.56 bits per heavy atom. The molecule has 0 fully saturated rings. The van der Waals surface area contributed by atoms with Gasteiger partial charge >= 0.3 is 73.7 Å². The first-order valence-electron chi connectivity index (χ1n) is 3.33. The van der Waals surface area contributed by atoms with Crippen molar-refractivity contribution >= 4 is 8.80 Å². The molecule has 0 aromatic rings. The molecule has 0 N–H and O–H groups in total. The van der Waals surface area contributed by atoms with E-state index in [4.69, 9.17) is 0 Å². The van der Waals surface area contributed by atoms with Crippen molar-refractivity contribution in [1.29, 1.82) is 0 Å². The van der Waals surface area contributed by atoms with Gasteiger partial charge < -0.3 is 0 Å². The zero-order chi connectivity index (χ0) is 6.85. The molecule has 1 aliphatic carbocycles. The van der Waals surface area contributed by atoms with Gasteiger partial charge in [-0.2, -0.15) is 0 Å². The van der Waals surface area contributed by atoms with Gasteiger partial charge in [0.15, 0.2) is 0 Å². The van der Waals surface area contributed by atoms with Gasteiger partial charge in [0.25, 0.3) is 0 Å². The van der Waals surface area contributed by atoms with Gasteiger partial charge in [-0.15, -0.1) is 0 Å². The molecule has 2 heteroatoms. The van der Waals surface area contributed by atoms with E-state index in [9.17, 15) is 0 Å². The van der Waals surface area contributed by atoms with Crippen molar-refractivity contribution in [2.45, 2.75) is 19.5 Å². The summed E-state index contributed by atoms with van der Waals surface area (Å²) in [7, 11) is -0.466. The zero-order valence-corrected chi connectivity index (χ0v) is 9.55. The van der Waals surface area contributed by atoms with Gasteiger partial charge in [0.2, 0.25) is 0 Å². The average molecular weight is 214 g/mol. The van der Waals surface area contributed by atoms with E-state index < -0.39 is 8.80 Å². The van der Waals surface area contributed by atoms with Crippen LogP contribution in [0.2, 0.25) is 13.1 Å². The molecule has 0 aliphatic heterocycles. The van der Waals surface area contributed by atoms with Crippen molar-refractivity contribution in [2.75, 3.05) is 0 Å². The molecular formula is C7H11SiZr. The SMILES string of the molecule is C[SiH](C)C1=[C]([Zr])CC=C1. The van der Waals surface area contributed by atoms with Gasteiger partial charge in [-0.25, -0.2) is 0 Å². The van der Waals surface area contributed by atoms with Crippen LogP contribution in [-0.4, -0.2) is 8.80 Å². The summed E-state index contributed by atoms with van der Waals surface area (Å²) in [6.45, 7) is 4.80. The fraction of sp³-hybridized carbons (Fsp3) is 0.429. The van der Waals surface area contributed by atoms with Crippen molar-refractivity contribution in [3.63, 3.8) is 0 Å². The third-order valence-electron chi connectivity index (χ3n) is 1.59. The van der Waals surface area contributed by atoms with Crippen LogP contribution in [0.4, 0.5) is 0 Å². The van der Waals surface area contributed by atoms with E-state index >= 15 is 0 Å². The first kappa shape index (κ1) is 7.68. The molecule has 0 spiro atoms. The number of allylic oxidation sites excluding steroid dienone is 4. The summed E-state index contributed by atoms with van der Waals surface area (Å²) in [4.78, 5) is 0. The maximum atomic E-state index is 2.40. The van der Waals surface area contributed by atoms with Crippen LogP contribution in [0.3, 0.4) is 0 Å². The Morgan fingerprint density at radius 2 is 2.22 bits per heavy atom. The van der Waals surface area contributed by atoms with E-state index in [1.807, 2.05) is 0 Å². The molecule has 0 saturated carbocycles. The summed E-state index contributed by atoms with van der Waals surface area (Å²) in [5, 5.41) is 1.72. The van der Waals surface area contributed by atoms with Gasteiger partial charge in [-0.1, -0.05) is 0 Å². The molecule has 0 heterocycles. The second-order valence-corrected chi connectivity index (χ2v) is 7.11. The van der Waals surface area contributed by atoms with Crippen molar-refractivity contribution in [3.8, 4) is 0 Å². The Morgan fingerprint density at radius 3 is 2.44 bits per heavy atom. The van der Waals surface area contributed by atoms with E-state index in [1.165, 1.54) is 6.42 Å². The van der Waals surface area contributed by atoms with Gasteiger partial charge in [0.05, 0.1) is 0 Å². The molecule has 0 aromatic carbocycles. The molecule has 47 valence electrons. The molecule has 0 unspecified atom stereocenters. The predicted molar refractivity (Wildman–Crippen MR) is 39.7 cm³/mol. The van der Waals surface area contributed by atoms with Crippen LogP contribution < -0.4 is 0 Å². The average Bonchev–Trinajstić information content (AvgIpc) is 2.13. The molecule has 0 amide bonds. The minimum atomic E-state index is -0.466. The monoisotopic (exact) mass is 213 g/mol. The third kappa shape index (κ3) is 1.75. The summed E-state index contributed by atoms with van der Waals surface area (Å²) in [6, 6.07) is 0. The molecule has 0 atom stereocenters. The van der Waals surface area contributed by atoms with Crippen molar-refractivity contribution in [3.05, 3.63) is 20.6 Å². The summed E-state index contributed by atoms with van der Waals surface area (Å²) in [6.07, 6.45) is 5.88. The fourth-order valence-corrected chi connectivity index (χ4v) is 5.02. The van der Waals surface area contributed by atoms with Crippen LogP contribution in [0.15, 0.2) is 20.6 Å². The van der Waals surface area contributed by atoms with Gasteiger partial charge in [0.1, 0.15) is 0 Å². The standard InChI is InChI=1S/C7H11Si.Zr/c1-8(2)7-5-3-4-6-7;/h3,5,8H,4H2,1-2H3;. The molecular weight excluding hydrogens is 203 g/mol. The van der Waals surface area contributed by atoms with Crippen LogP contribution >= 0.6 is 0 Å². The molecule has 0 saturated heterocycles. The van der Waals surface area contributed by atoms with Crippen molar-refractivity contribution < 1.29 is 24.7 Å². The van der Waals surface area contributed by atoms with E-state index in [-0.39, 0.29) is 0 Å². The van der Waals surface area contributed by atoms with E-state index in [0.29, 0.717) is 0 Å². The van der Waals surface area contributed by atoms with Crippen LogP contribution in [0.5, 0.6) is 0 Å². The number of hydrogen-bond acceptors (Lipinski definition) is 0. The number of rotatable bonds is 1. The van der Waals surface area contributed by atoms with Crippen molar-refractivity contribution in [2.24, 2.45) is 0 Å². The van der Waals surface area contributed by atoms with Gasteiger partial charge in [-0.05, 0) is 0 Å². The topological polar surface area (TPSA) is 0 Å². The third-order valence-corrected chi connectivity index (χ3v) is 5.30. The number of hydrogen-bond donors (Lipinski definition) is 0. The van der Waals surface area contributed by atoms with E-state index in [0.717, 1.165) is 0 Å². The molecule has 0 bridgehead atoms. The van der Waals surface area contributed by atoms with Crippen LogP contribution in [0, 0.1) is 0 Å². The molecule has 0 aromatic heterocycles. The van der Waals surface area contributed by atoms with Gasteiger partial charge in [-0.3, -0.25) is 0 Å². The first-order chi connectivity index (χ1) is 4.22. The second kappa shape index (κ2) is 3.12. The van der Waals surface area contributed by atoms with E-state index in [1.54, 1.807) is 33.2 Å². The molecule has 1 rings (SSSR count). The van der Waals surface area contributed by atoms with E-state index in [2.05, 4.69) is 25.2 Å². The first-order valence-corrected chi connectivity index (χ1v) is 7.44. The summed E-state index contributed by atoms with van der Waals surface area (Å²) in [5.74, 6) is 0. The summed E-state index contributed by atoms with van der Waals surface area (Å²) < 4.78 is 1.70. The predicted octanol–water partition coefficient (Wildman–Crippen LogP) is 1.77. The molecule has 0 radical (unpaired) electrons. The molecule has 1 aliphatic rings. The van der Waals surface area contributed by atoms with Crippen molar-refractivity contribution in [1.82, 2.24) is 0 Å². The quantitative estimate of drug-likeness (QED) is 0.584. The van der Waals surface area contributed by atoms with Crippen LogP contribution in [-0.2, 0) is 24.7 Å². The minimum absolute atomic E-state index is 0.466. The normalized spacial score (nSPS) is 18.0. The Hall–Kier alpha value is 0.580. The Kier molecular flexibility index (Phi) is 2.66. The van der Waals surface area contributed by atoms with Crippen LogP contribution in [0.25, 0.3) is 0 Å². The second-order valence-electron chi connectivity index (χ2n) is 2.70. The fourth-order valence-electron chi connectivity index (χ4n) is 1.06. The Labute approximate surface area is 73.5 Å².